The molecule has 0 atom stereocenters. The summed E-state index contributed by atoms with van der Waals surface area (Å²) in [5.74, 6) is -0.502. The number of hydrogen-bond acceptors (Lipinski definition) is 3. The minimum atomic E-state index is -0.529. The van der Waals surface area contributed by atoms with Crippen molar-refractivity contribution in [2.45, 2.75) is 25.7 Å². The fraction of sp³-hybridized carbons (Fsp3) is 0.417. The van der Waals surface area contributed by atoms with Crippen LogP contribution >= 0.6 is 0 Å². The Labute approximate surface area is 97.8 Å². The smallest absolute Gasteiger partial charge is 0.258 e. The molecule has 1 aromatic rings. The minimum absolute atomic E-state index is 0.104. The first kappa shape index (κ1) is 11.5. The highest BCUT2D eigenvalue weighted by molar-refractivity contribution is 5.42. The van der Waals surface area contributed by atoms with E-state index in [9.17, 15) is 14.5 Å². The fourth-order valence-corrected chi connectivity index (χ4v) is 2.17. The number of rotatable bonds is 3. The minimum Gasteiger partial charge on any atom is -0.258 e. The molecule has 5 heteroatoms. The van der Waals surface area contributed by atoms with Crippen LogP contribution in [0.25, 0.3) is 0 Å². The second-order valence-corrected chi connectivity index (χ2v) is 4.45. The second kappa shape index (κ2) is 4.13. The van der Waals surface area contributed by atoms with Gasteiger partial charge in [-0.3, -0.25) is 10.1 Å². The molecule has 4 nitrogen and oxygen atoms in total. The van der Waals surface area contributed by atoms with Crippen LogP contribution in [0.15, 0.2) is 18.2 Å². The highest BCUT2D eigenvalue weighted by Crippen LogP contribution is 2.44. The molecule has 1 aliphatic rings. The summed E-state index contributed by atoms with van der Waals surface area (Å²) in [7, 11) is 0. The van der Waals surface area contributed by atoms with Gasteiger partial charge in [0.25, 0.3) is 5.69 Å². The Morgan fingerprint density at radius 3 is 2.71 bits per heavy atom. The molecule has 88 valence electrons. The van der Waals surface area contributed by atoms with Crippen molar-refractivity contribution in [2.75, 3.05) is 0 Å². The molecule has 2 rings (SSSR count). The molecule has 0 radical (unpaired) electrons. The summed E-state index contributed by atoms with van der Waals surface area (Å²) in [6.45, 7) is 0. The maximum atomic E-state index is 13.1. The van der Waals surface area contributed by atoms with Crippen LogP contribution in [0, 0.1) is 32.7 Å². The van der Waals surface area contributed by atoms with Gasteiger partial charge in [-0.05, 0) is 31.4 Å². The van der Waals surface area contributed by atoms with Gasteiger partial charge in [0, 0.05) is 11.6 Å². The van der Waals surface area contributed by atoms with Crippen LogP contribution in [-0.2, 0) is 6.42 Å². The third-order valence-corrected chi connectivity index (χ3v) is 3.31. The van der Waals surface area contributed by atoms with Crippen LogP contribution in [0.2, 0.25) is 0 Å². The molecule has 0 bridgehead atoms. The van der Waals surface area contributed by atoms with Crippen LogP contribution < -0.4 is 0 Å². The first-order valence-corrected chi connectivity index (χ1v) is 5.40. The lowest BCUT2D eigenvalue weighted by Crippen LogP contribution is -2.30. The zero-order chi connectivity index (χ0) is 12.5. The Morgan fingerprint density at radius 2 is 2.24 bits per heavy atom. The Hall–Kier alpha value is -1.96. The van der Waals surface area contributed by atoms with Gasteiger partial charge >= 0.3 is 0 Å². The molecule has 0 spiro atoms. The number of nitro groups is 1. The highest BCUT2D eigenvalue weighted by Gasteiger charge is 2.38. The van der Waals surface area contributed by atoms with Crippen molar-refractivity contribution in [1.82, 2.24) is 0 Å². The van der Waals surface area contributed by atoms with E-state index in [0.717, 1.165) is 37.5 Å². The molecule has 0 N–H and O–H groups in total. The van der Waals surface area contributed by atoms with Gasteiger partial charge in [0.15, 0.2) is 0 Å². The zero-order valence-corrected chi connectivity index (χ0v) is 9.15. The Morgan fingerprint density at radius 1 is 1.53 bits per heavy atom. The molecule has 0 aromatic heterocycles. The standard InChI is InChI=1S/C12H11FN2O2/c13-10-2-3-11(15(16)17)9(6-10)7-12(8-14)4-1-5-12/h2-3,6H,1,4-5,7H2. The molecule has 0 heterocycles. The van der Waals surface area contributed by atoms with Crippen molar-refractivity contribution in [2.24, 2.45) is 5.41 Å². The van der Waals surface area contributed by atoms with Crippen LogP contribution in [-0.4, -0.2) is 4.92 Å². The van der Waals surface area contributed by atoms with Crippen LogP contribution in [0.1, 0.15) is 24.8 Å². The topological polar surface area (TPSA) is 66.9 Å². The number of nitro benzene ring substituents is 1. The van der Waals surface area contributed by atoms with Crippen LogP contribution in [0.4, 0.5) is 10.1 Å². The monoisotopic (exact) mass is 234 g/mol. The third-order valence-electron chi connectivity index (χ3n) is 3.31. The molecule has 1 aliphatic carbocycles. The average molecular weight is 234 g/mol. The van der Waals surface area contributed by atoms with E-state index < -0.39 is 16.2 Å². The summed E-state index contributed by atoms with van der Waals surface area (Å²) < 4.78 is 13.1. The number of benzene rings is 1. The quantitative estimate of drug-likeness (QED) is 0.596. The summed E-state index contributed by atoms with van der Waals surface area (Å²) >= 11 is 0. The van der Waals surface area contributed by atoms with Gasteiger partial charge in [-0.15, -0.1) is 0 Å². The Balaban J connectivity index is 2.34. The van der Waals surface area contributed by atoms with E-state index in [-0.39, 0.29) is 12.1 Å². The maximum Gasteiger partial charge on any atom is 0.272 e. The normalized spacial score (nSPS) is 16.9. The number of hydrogen-bond donors (Lipinski definition) is 0. The van der Waals surface area contributed by atoms with Gasteiger partial charge in [0.05, 0.1) is 16.4 Å². The lowest BCUT2D eigenvalue weighted by molar-refractivity contribution is -0.385. The molecule has 0 saturated heterocycles. The summed E-state index contributed by atoms with van der Waals surface area (Å²) in [4.78, 5) is 10.3. The third kappa shape index (κ3) is 2.11. The van der Waals surface area contributed by atoms with Gasteiger partial charge in [0.2, 0.25) is 0 Å². The van der Waals surface area contributed by atoms with Crippen molar-refractivity contribution in [3.8, 4) is 6.07 Å². The molecular weight excluding hydrogens is 223 g/mol. The first-order valence-electron chi connectivity index (χ1n) is 5.40. The summed E-state index contributed by atoms with van der Waals surface area (Å²) in [6.07, 6.45) is 2.68. The van der Waals surface area contributed by atoms with E-state index in [2.05, 4.69) is 6.07 Å². The van der Waals surface area contributed by atoms with Crippen LogP contribution in [0.5, 0.6) is 0 Å². The highest BCUT2D eigenvalue weighted by atomic mass is 19.1. The predicted octanol–water partition coefficient (Wildman–Crippen LogP) is 2.97. The Bertz CT molecular complexity index is 504. The van der Waals surface area contributed by atoms with Gasteiger partial charge in [-0.2, -0.15) is 5.26 Å². The van der Waals surface area contributed by atoms with Crippen molar-refractivity contribution in [3.05, 3.63) is 39.7 Å². The van der Waals surface area contributed by atoms with Gasteiger partial charge < -0.3 is 0 Å². The molecule has 1 fully saturated rings. The average Bonchev–Trinajstić information content (AvgIpc) is 2.23. The molecule has 1 saturated carbocycles. The van der Waals surface area contributed by atoms with Crippen LogP contribution in [0.3, 0.4) is 0 Å². The summed E-state index contributed by atoms with van der Waals surface area (Å²) in [5, 5.41) is 19.9. The molecule has 1 aromatic carbocycles. The van der Waals surface area contributed by atoms with E-state index in [0.29, 0.717) is 5.56 Å². The predicted molar refractivity (Wildman–Crippen MR) is 58.7 cm³/mol. The molecule has 0 amide bonds. The van der Waals surface area contributed by atoms with Gasteiger partial charge in [-0.25, -0.2) is 4.39 Å². The summed E-state index contributed by atoms with van der Waals surface area (Å²) in [6, 6.07) is 5.60. The number of nitriles is 1. The van der Waals surface area contributed by atoms with Crippen molar-refractivity contribution in [3.63, 3.8) is 0 Å². The largest absolute Gasteiger partial charge is 0.272 e. The number of nitrogens with zero attached hydrogens (tertiary/aromatic N) is 2. The lowest BCUT2D eigenvalue weighted by Gasteiger charge is -2.35. The fourth-order valence-electron chi connectivity index (χ4n) is 2.17. The van der Waals surface area contributed by atoms with E-state index in [1.165, 1.54) is 0 Å². The van der Waals surface area contributed by atoms with Gasteiger partial charge in [-0.1, -0.05) is 6.42 Å². The maximum absolute atomic E-state index is 13.1. The number of halogens is 1. The van der Waals surface area contributed by atoms with E-state index in [1.807, 2.05) is 0 Å². The second-order valence-electron chi connectivity index (χ2n) is 4.45. The summed E-state index contributed by atoms with van der Waals surface area (Å²) in [5.41, 5.74) is -0.317. The van der Waals surface area contributed by atoms with Crippen molar-refractivity contribution in [1.29, 1.82) is 5.26 Å². The zero-order valence-electron chi connectivity index (χ0n) is 9.15. The van der Waals surface area contributed by atoms with E-state index in [4.69, 9.17) is 5.26 Å². The Kier molecular flexibility index (Phi) is 2.80. The van der Waals surface area contributed by atoms with E-state index >= 15 is 0 Å². The SMILES string of the molecule is N#CC1(Cc2cc(F)ccc2[N+](=O)[O-])CCC1. The lowest BCUT2D eigenvalue weighted by atomic mass is 9.66. The molecule has 17 heavy (non-hydrogen) atoms. The van der Waals surface area contributed by atoms with E-state index in [1.54, 1.807) is 0 Å². The van der Waals surface area contributed by atoms with Crippen molar-refractivity contribution < 1.29 is 9.31 Å². The molecular formula is C12H11FN2O2. The molecule has 0 aliphatic heterocycles. The molecule has 0 unspecified atom stereocenters. The van der Waals surface area contributed by atoms with Gasteiger partial charge in [0.1, 0.15) is 5.82 Å². The first-order chi connectivity index (χ1) is 8.06. The van der Waals surface area contributed by atoms with Crippen molar-refractivity contribution >= 4 is 5.69 Å².